The molecule has 6 aromatic carbocycles. The van der Waals surface area contributed by atoms with Crippen LogP contribution in [-0.4, -0.2) is 6.71 Å². The summed E-state index contributed by atoms with van der Waals surface area (Å²) in [6.07, 6.45) is 1.78. The number of hydrogen-bond donors (Lipinski definition) is 0. The summed E-state index contributed by atoms with van der Waals surface area (Å²) in [7, 11) is 0. The van der Waals surface area contributed by atoms with Gasteiger partial charge in [0, 0.05) is 33.8 Å². The molecule has 0 fully saturated rings. The average molecular weight is 747 g/mol. The number of aryl methyl sites for hydroxylation is 3. The Morgan fingerprint density at radius 3 is 1.67 bits per heavy atom. The lowest BCUT2D eigenvalue weighted by molar-refractivity contribution is 0.589. The molecule has 4 heteroatoms. The van der Waals surface area contributed by atoms with Crippen molar-refractivity contribution in [3.63, 3.8) is 0 Å². The quantitative estimate of drug-likeness (QED) is 0.168. The second-order valence-electron chi connectivity index (χ2n) is 19.8. The maximum atomic E-state index is 5.91. The number of fused-ring (bicyclic) bond motifs is 5. The van der Waals surface area contributed by atoms with Crippen molar-refractivity contribution >= 4 is 68.2 Å². The minimum atomic E-state index is -0.0164. The number of anilines is 6. The molecule has 0 saturated heterocycles. The third-order valence-electron chi connectivity index (χ3n) is 12.4. The molecule has 2 aliphatic heterocycles. The standard InChI is InChI=1S/C53H55BN2O/c1-32-25-46-49-47(26-32)56(50-33(2)27-40(28-34(50)3)53(10,11)12)45-21-15-36(37-14-13-35-23-24-57-48(35)30-37)29-42(45)54(49)43-31-39(52(7,8)9)18-22-44(43)55(46)41-19-16-38(17-20-41)51(4,5)6/h13-31H,1-12H3. The van der Waals surface area contributed by atoms with Crippen molar-refractivity contribution in [1.82, 2.24) is 0 Å². The van der Waals surface area contributed by atoms with Gasteiger partial charge in [-0.05, 0) is 146 Å². The van der Waals surface area contributed by atoms with Gasteiger partial charge in [-0.3, -0.25) is 0 Å². The zero-order valence-corrected chi connectivity index (χ0v) is 35.8. The van der Waals surface area contributed by atoms with Crippen molar-refractivity contribution in [2.24, 2.45) is 0 Å². The van der Waals surface area contributed by atoms with E-state index in [0.29, 0.717) is 0 Å². The van der Waals surface area contributed by atoms with Crippen LogP contribution in [0.25, 0.3) is 22.1 Å². The monoisotopic (exact) mass is 746 g/mol. The molecule has 0 bridgehead atoms. The van der Waals surface area contributed by atoms with Gasteiger partial charge in [-0.25, -0.2) is 0 Å². The molecule has 0 saturated carbocycles. The van der Waals surface area contributed by atoms with Gasteiger partial charge < -0.3 is 14.2 Å². The van der Waals surface area contributed by atoms with E-state index in [-0.39, 0.29) is 23.0 Å². The molecule has 3 heterocycles. The van der Waals surface area contributed by atoms with E-state index in [0.717, 1.165) is 16.5 Å². The van der Waals surface area contributed by atoms with E-state index in [9.17, 15) is 0 Å². The Balaban J connectivity index is 1.37. The van der Waals surface area contributed by atoms with Gasteiger partial charge in [0.2, 0.25) is 0 Å². The summed E-state index contributed by atoms with van der Waals surface area (Å²) >= 11 is 0. The van der Waals surface area contributed by atoms with Crippen molar-refractivity contribution in [3.05, 3.63) is 149 Å². The van der Waals surface area contributed by atoms with Crippen molar-refractivity contribution in [2.45, 2.75) is 99.3 Å². The molecule has 0 atom stereocenters. The van der Waals surface area contributed by atoms with E-state index in [1.165, 1.54) is 89.5 Å². The number of benzene rings is 6. The summed E-state index contributed by atoms with van der Waals surface area (Å²) in [6, 6.07) is 42.0. The Bertz CT molecular complexity index is 2710. The highest BCUT2D eigenvalue weighted by Crippen LogP contribution is 2.47. The van der Waals surface area contributed by atoms with Crippen LogP contribution >= 0.6 is 0 Å². The van der Waals surface area contributed by atoms with E-state index in [2.05, 4.69) is 196 Å². The topological polar surface area (TPSA) is 19.6 Å². The first-order valence-corrected chi connectivity index (χ1v) is 20.6. The van der Waals surface area contributed by atoms with Gasteiger partial charge in [0.15, 0.2) is 0 Å². The van der Waals surface area contributed by atoms with E-state index in [1.54, 1.807) is 6.26 Å². The molecule has 0 aliphatic carbocycles. The van der Waals surface area contributed by atoms with Crippen LogP contribution in [0.5, 0.6) is 0 Å². The van der Waals surface area contributed by atoms with Crippen LogP contribution in [-0.2, 0) is 16.2 Å². The fourth-order valence-corrected chi connectivity index (χ4v) is 9.29. The van der Waals surface area contributed by atoms with Crippen LogP contribution in [0.3, 0.4) is 0 Å². The summed E-state index contributed by atoms with van der Waals surface area (Å²) in [5.74, 6) is 0. The molecule has 0 amide bonds. The fraction of sp³-hybridized carbons (Fsp3) is 0.283. The molecule has 1 aromatic heterocycles. The van der Waals surface area contributed by atoms with Crippen LogP contribution in [0, 0.1) is 20.8 Å². The summed E-state index contributed by atoms with van der Waals surface area (Å²) in [4.78, 5) is 5.13. The normalized spacial score (nSPS) is 13.9. The Kier molecular flexibility index (Phi) is 8.31. The number of nitrogens with zero attached hydrogens (tertiary/aromatic N) is 2. The van der Waals surface area contributed by atoms with Gasteiger partial charge in [0.25, 0.3) is 6.71 Å². The predicted molar refractivity (Wildman–Crippen MR) is 246 cm³/mol. The van der Waals surface area contributed by atoms with Crippen molar-refractivity contribution in [3.8, 4) is 11.1 Å². The summed E-state index contributed by atoms with van der Waals surface area (Å²) < 4.78 is 5.91. The summed E-state index contributed by atoms with van der Waals surface area (Å²) in [6.45, 7) is 27.7. The molecule has 0 N–H and O–H groups in total. The van der Waals surface area contributed by atoms with Gasteiger partial charge in [-0.2, -0.15) is 0 Å². The first kappa shape index (κ1) is 37.1. The predicted octanol–water partition coefficient (Wildman–Crippen LogP) is 13.0. The lowest BCUT2D eigenvalue weighted by Gasteiger charge is -2.45. The molecule has 7 aromatic rings. The zero-order valence-electron chi connectivity index (χ0n) is 35.8. The van der Waals surface area contributed by atoms with E-state index in [1.807, 2.05) is 6.07 Å². The largest absolute Gasteiger partial charge is 0.464 e. The third-order valence-corrected chi connectivity index (χ3v) is 12.4. The third kappa shape index (κ3) is 6.11. The van der Waals surface area contributed by atoms with Crippen molar-refractivity contribution in [2.75, 3.05) is 9.80 Å². The highest BCUT2D eigenvalue weighted by Gasteiger charge is 2.44. The lowest BCUT2D eigenvalue weighted by Crippen LogP contribution is -2.61. The van der Waals surface area contributed by atoms with Gasteiger partial charge >= 0.3 is 0 Å². The SMILES string of the molecule is Cc1cc2c3c(c1)N(c1c(C)cc(C(C)(C)C)cc1C)c1ccc(-c4ccc5ccoc5c4)cc1B3c1cc(C(C)(C)C)ccc1N2c1ccc(C(C)(C)C)cc1. The number of furan rings is 1. The average Bonchev–Trinajstić information content (AvgIpc) is 3.62. The van der Waals surface area contributed by atoms with E-state index >= 15 is 0 Å². The Labute approximate surface area is 340 Å². The van der Waals surface area contributed by atoms with Crippen LogP contribution in [0.15, 0.2) is 120 Å². The van der Waals surface area contributed by atoms with Gasteiger partial charge in [0.1, 0.15) is 5.58 Å². The molecule has 57 heavy (non-hydrogen) atoms. The van der Waals surface area contributed by atoms with E-state index in [4.69, 9.17) is 4.42 Å². The smallest absolute Gasteiger partial charge is 0.252 e. The Hall–Kier alpha value is -5.48. The van der Waals surface area contributed by atoms with Crippen molar-refractivity contribution in [1.29, 1.82) is 0 Å². The molecule has 3 nitrogen and oxygen atoms in total. The van der Waals surface area contributed by atoms with E-state index < -0.39 is 0 Å². The van der Waals surface area contributed by atoms with Gasteiger partial charge in [-0.1, -0.05) is 123 Å². The molecule has 0 radical (unpaired) electrons. The van der Waals surface area contributed by atoms with Gasteiger partial charge in [0.05, 0.1) is 12.0 Å². The zero-order chi connectivity index (χ0) is 40.3. The van der Waals surface area contributed by atoms with Crippen LogP contribution in [0.1, 0.15) is 95.7 Å². The Morgan fingerprint density at radius 1 is 0.474 bits per heavy atom. The first-order valence-electron chi connectivity index (χ1n) is 20.6. The second-order valence-corrected chi connectivity index (χ2v) is 19.8. The van der Waals surface area contributed by atoms with Crippen molar-refractivity contribution < 1.29 is 4.42 Å². The highest BCUT2D eigenvalue weighted by atomic mass is 16.3. The molecule has 0 spiro atoms. The minimum absolute atomic E-state index is 0.0164. The molecule has 2 aliphatic rings. The first-order chi connectivity index (χ1) is 26.9. The summed E-state index contributed by atoms with van der Waals surface area (Å²) in [5, 5.41) is 1.12. The molecule has 0 unspecified atom stereocenters. The number of rotatable bonds is 3. The maximum Gasteiger partial charge on any atom is 0.252 e. The van der Waals surface area contributed by atoms with Gasteiger partial charge in [-0.15, -0.1) is 0 Å². The van der Waals surface area contributed by atoms with Crippen LogP contribution in [0.2, 0.25) is 0 Å². The van der Waals surface area contributed by atoms with Crippen LogP contribution in [0.4, 0.5) is 34.1 Å². The number of hydrogen-bond acceptors (Lipinski definition) is 3. The summed E-state index contributed by atoms with van der Waals surface area (Å²) in [5.41, 5.74) is 22.6. The molecular weight excluding hydrogens is 691 g/mol. The second kappa shape index (κ2) is 12.8. The highest BCUT2D eigenvalue weighted by molar-refractivity contribution is 7.00. The van der Waals surface area contributed by atoms with Crippen LogP contribution < -0.4 is 26.2 Å². The Morgan fingerprint density at radius 2 is 1.02 bits per heavy atom. The molecule has 286 valence electrons. The molecular formula is C53H55BN2O. The molecule has 9 rings (SSSR count). The minimum Gasteiger partial charge on any atom is -0.464 e. The fourth-order valence-electron chi connectivity index (χ4n) is 9.29. The lowest BCUT2D eigenvalue weighted by atomic mass is 9.33. The maximum absolute atomic E-state index is 5.91.